The van der Waals surface area contributed by atoms with Gasteiger partial charge in [-0.25, -0.2) is 12.8 Å². The van der Waals surface area contributed by atoms with E-state index in [9.17, 15) is 17.6 Å². The zero-order valence-corrected chi connectivity index (χ0v) is 13.4. The van der Waals surface area contributed by atoms with E-state index in [0.29, 0.717) is 5.92 Å². The Morgan fingerprint density at radius 2 is 1.95 bits per heavy atom. The quantitative estimate of drug-likeness (QED) is 0.846. The average Bonchev–Trinajstić information content (AvgIpc) is 2.38. The van der Waals surface area contributed by atoms with E-state index in [1.165, 1.54) is 12.1 Å². The Morgan fingerprint density at radius 1 is 1.33 bits per heavy atom. The number of nitrogens with one attached hydrogen (secondary N) is 2. The van der Waals surface area contributed by atoms with Crippen molar-refractivity contribution in [3.63, 3.8) is 0 Å². The van der Waals surface area contributed by atoms with Crippen LogP contribution in [0.3, 0.4) is 0 Å². The van der Waals surface area contributed by atoms with Gasteiger partial charge < -0.3 is 5.32 Å². The van der Waals surface area contributed by atoms with Gasteiger partial charge in [-0.15, -0.1) is 0 Å². The minimum absolute atomic E-state index is 0.0288. The second-order valence-corrected chi connectivity index (χ2v) is 6.96. The standard InChI is InChI=1S/C14H21FN2O3S/c1-5-9(2)10(3)16-14(18)11-6-7-12(15)13(8-11)17-21(4,19)20/h6-10,17H,5H2,1-4H3,(H,16,18)/t9-,10+/m0/s1. The molecule has 1 amide bonds. The molecule has 1 aromatic carbocycles. The van der Waals surface area contributed by atoms with Gasteiger partial charge in [-0.2, -0.15) is 0 Å². The van der Waals surface area contributed by atoms with Crippen LogP contribution in [0.2, 0.25) is 0 Å². The zero-order chi connectivity index (χ0) is 16.2. The normalized spacial score (nSPS) is 14.3. The van der Waals surface area contributed by atoms with Crippen LogP contribution in [-0.4, -0.2) is 26.6 Å². The third kappa shape index (κ3) is 5.34. The van der Waals surface area contributed by atoms with Gasteiger partial charge in [-0.1, -0.05) is 20.3 Å². The fourth-order valence-electron chi connectivity index (χ4n) is 1.73. The molecular weight excluding hydrogens is 295 g/mol. The summed E-state index contributed by atoms with van der Waals surface area (Å²) in [6.45, 7) is 5.94. The molecule has 0 aliphatic rings. The lowest BCUT2D eigenvalue weighted by Gasteiger charge is -2.20. The number of anilines is 1. The van der Waals surface area contributed by atoms with Crippen molar-refractivity contribution in [1.82, 2.24) is 5.32 Å². The van der Waals surface area contributed by atoms with E-state index in [2.05, 4.69) is 5.32 Å². The lowest BCUT2D eigenvalue weighted by molar-refractivity contribution is 0.0928. The fourth-order valence-corrected chi connectivity index (χ4v) is 2.29. The molecule has 0 fully saturated rings. The second-order valence-electron chi connectivity index (χ2n) is 5.22. The summed E-state index contributed by atoms with van der Waals surface area (Å²) in [6, 6.07) is 3.55. The second kappa shape index (κ2) is 6.89. The fraction of sp³-hybridized carbons (Fsp3) is 0.500. The third-order valence-corrected chi connectivity index (χ3v) is 3.97. The highest BCUT2D eigenvalue weighted by molar-refractivity contribution is 7.92. The molecule has 1 aromatic rings. The van der Waals surface area contributed by atoms with Gasteiger partial charge in [0.2, 0.25) is 10.0 Å². The summed E-state index contributed by atoms with van der Waals surface area (Å²) in [5.41, 5.74) is -0.0287. The summed E-state index contributed by atoms with van der Waals surface area (Å²) < 4.78 is 37.9. The molecule has 0 spiro atoms. The van der Waals surface area contributed by atoms with Crippen molar-refractivity contribution >= 4 is 21.6 Å². The molecule has 0 saturated carbocycles. The number of amides is 1. The maximum atomic E-state index is 13.6. The summed E-state index contributed by atoms with van der Waals surface area (Å²) >= 11 is 0. The molecule has 1 rings (SSSR count). The molecule has 5 nitrogen and oxygen atoms in total. The average molecular weight is 316 g/mol. The van der Waals surface area contributed by atoms with Crippen LogP contribution >= 0.6 is 0 Å². The van der Waals surface area contributed by atoms with Crippen LogP contribution in [0, 0.1) is 11.7 Å². The van der Waals surface area contributed by atoms with Gasteiger partial charge in [0, 0.05) is 11.6 Å². The maximum absolute atomic E-state index is 13.6. The van der Waals surface area contributed by atoms with Crippen molar-refractivity contribution in [2.45, 2.75) is 33.2 Å². The van der Waals surface area contributed by atoms with E-state index < -0.39 is 15.8 Å². The van der Waals surface area contributed by atoms with Crippen LogP contribution in [0.15, 0.2) is 18.2 Å². The van der Waals surface area contributed by atoms with Gasteiger partial charge in [0.1, 0.15) is 5.82 Å². The summed E-state index contributed by atoms with van der Waals surface area (Å²) in [6.07, 6.45) is 1.84. The highest BCUT2D eigenvalue weighted by Gasteiger charge is 2.16. The number of carbonyl (C=O) groups is 1. The third-order valence-electron chi connectivity index (χ3n) is 3.38. The number of hydrogen-bond acceptors (Lipinski definition) is 3. The van der Waals surface area contributed by atoms with Gasteiger partial charge in [-0.05, 0) is 31.0 Å². The largest absolute Gasteiger partial charge is 0.349 e. The van der Waals surface area contributed by atoms with Gasteiger partial charge in [0.15, 0.2) is 0 Å². The van der Waals surface area contributed by atoms with Crippen molar-refractivity contribution in [2.24, 2.45) is 5.92 Å². The minimum Gasteiger partial charge on any atom is -0.349 e. The predicted octanol–water partition coefficient (Wildman–Crippen LogP) is 2.36. The highest BCUT2D eigenvalue weighted by Crippen LogP contribution is 2.18. The topological polar surface area (TPSA) is 75.3 Å². The Bertz CT molecular complexity index is 617. The molecule has 0 bridgehead atoms. The van der Waals surface area contributed by atoms with Crippen molar-refractivity contribution in [2.75, 3.05) is 11.0 Å². The van der Waals surface area contributed by atoms with Gasteiger partial charge in [0.05, 0.1) is 11.9 Å². The van der Waals surface area contributed by atoms with Crippen LogP contribution in [0.1, 0.15) is 37.6 Å². The van der Waals surface area contributed by atoms with Crippen molar-refractivity contribution in [3.05, 3.63) is 29.6 Å². The summed E-state index contributed by atoms with van der Waals surface area (Å²) in [5, 5.41) is 2.82. The van der Waals surface area contributed by atoms with Crippen LogP contribution in [0.4, 0.5) is 10.1 Å². The number of rotatable bonds is 6. The predicted molar refractivity (Wildman–Crippen MR) is 81.2 cm³/mol. The SMILES string of the molecule is CC[C@H](C)[C@@H](C)NC(=O)c1ccc(F)c(NS(C)(=O)=O)c1. The number of halogens is 1. The first-order valence-electron chi connectivity index (χ1n) is 6.72. The molecule has 2 N–H and O–H groups in total. The van der Waals surface area contributed by atoms with E-state index in [1.54, 1.807) is 0 Å². The highest BCUT2D eigenvalue weighted by atomic mass is 32.2. The molecule has 2 atom stereocenters. The van der Waals surface area contributed by atoms with E-state index in [0.717, 1.165) is 18.7 Å². The first-order chi connectivity index (χ1) is 9.64. The monoisotopic (exact) mass is 316 g/mol. The van der Waals surface area contributed by atoms with Crippen LogP contribution < -0.4 is 10.0 Å². The molecule has 7 heteroatoms. The Hall–Kier alpha value is -1.63. The van der Waals surface area contributed by atoms with Crippen LogP contribution in [-0.2, 0) is 10.0 Å². The molecule has 0 aromatic heterocycles. The molecule has 0 unspecified atom stereocenters. The number of carbonyl (C=O) groups excluding carboxylic acids is 1. The van der Waals surface area contributed by atoms with Gasteiger partial charge in [-0.3, -0.25) is 9.52 Å². The molecule has 0 heterocycles. The maximum Gasteiger partial charge on any atom is 0.251 e. The molecule has 0 aliphatic heterocycles. The van der Waals surface area contributed by atoms with E-state index in [1.807, 2.05) is 25.5 Å². The van der Waals surface area contributed by atoms with Crippen molar-refractivity contribution in [1.29, 1.82) is 0 Å². The van der Waals surface area contributed by atoms with Gasteiger partial charge in [0.25, 0.3) is 5.91 Å². The smallest absolute Gasteiger partial charge is 0.251 e. The molecule has 0 saturated heterocycles. The van der Waals surface area contributed by atoms with Crippen LogP contribution in [0.25, 0.3) is 0 Å². The van der Waals surface area contributed by atoms with E-state index in [4.69, 9.17) is 0 Å². The number of benzene rings is 1. The number of hydrogen-bond donors (Lipinski definition) is 2. The van der Waals surface area contributed by atoms with E-state index >= 15 is 0 Å². The zero-order valence-electron chi connectivity index (χ0n) is 12.6. The first-order valence-corrected chi connectivity index (χ1v) is 8.61. The lowest BCUT2D eigenvalue weighted by atomic mass is 10.0. The van der Waals surface area contributed by atoms with Crippen molar-refractivity contribution in [3.8, 4) is 0 Å². The Kier molecular flexibility index (Phi) is 5.71. The Morgan fingerprint density at radius 3 is 2.48 bits per heavy atom. The van der Waals surface area contributed by atoms with Gasteiger partial charge >= 0.3 is 0 Å². The molecule has 21 heavy (non-hydrogen) atoms. The minimum atomic E-state index is -3.60. The summed E-state index contributed by atoms with van der Waals surface area (Å²) in [7, 11) is -3.60. The molecule has 0 aliphatic carbocycles. The first kappa shape index (κ1) is 17.4. The summed E-state index contributed by atoms with van der Waals surface area (Å²) in [4.78, 5) is 12.1. The van der Waals surface area contributed by atoms with Crippen LogP contribution in [0.5, 0.6) is 0 Å². The Balaban J connectivity index is 2.94. The Labute approximate surface area is 125 Å². The molecular formula is C14H21FN2O3S. The molecule has 118 valence electrons. The van der Waals surface area contributed by atoms with Crippen molar-refractivity contribution < 1.29 is 17.6 Å². The number of sulfonamides is 1. The molecule has 0 radical (unpaired) electrons. The van der Waals surface area contributed by atoms with E-state index in [-0.39, 0.29) is 23.2 Å². The summed E-state index contributed by atoms with van der Waals surface area (Å²) in [5.74, 6) is -0.783. The lowest BCUT2D eigenvalue weighted by Crippen LogP contribution is -2.36.